The maximum atomic E-state index is 13.9. The second-order valence-electron chi connectivity index (χ2n) is 7.79. The summed E-state index contributed by atoms with van der Waals surface area (Å²) in [4.78, 5) is 42.2. The number of halogens is 1. The highest BCUT2D eigenvalue weighted by Gasteiger charge is 2.56. The predicted molar refractivity (Wildman–Crippen MR) is 126 cm³/mol. The number of rotatable bonds is 5. The highest BCUT2D eigenvalue weighted by molar-refractivity contribution is 7.12. The van der Waals surface area contributed by atoms with E-state index in [4.69, 9.17) is 11.6 Å². The van der Waals surface area contributed by atoms with Gasteiger partial charge in [0, 0.05) is 24.9 Å². The van der Waals surface area contributed by atoms with Gasteiger partial charge in [-0.05, 0) is 34.7 Å². The quantitative estimate of drug-likeness (QED) is 0.554. The highest BCUT2D eigenvalue weighted by atomic mass is 35.5. The number of benzene rings is 2. The SMILES string of the molecule is CNC(=O)C1C(c2ccc(Cl)cc2)C(C(=O)c2cccs2)C(c2ccccc2)N1C(C)=O. The molecule has 164 valence electrons. The molecule has 1 aromatic heterocycles. The molecule has 5 nitrogen and oxygen atoms in total. The van der Waals surface area contributed by atoms with Crippen molar-refractivity contribution in [2.24, 2.45) is 5.92 Å². The molecular weight excluding hydrogens is 444 g/mol. The van der Waals surface area contributed by atoms with Crippen LogP contribution in [-0.2, 0) is 9.59 Å². The zero-order chi connectivity index (χ0) is 22.8. The maximum Gasteiger partial charge on any atom is 0.243 e. The van der Waals surface area contributed by atoms with Crippen LogP contribution < -0.4 is 5.32 Å². The normalized spacial score (nSPS) is 22.5. The number of Topliss-reactive ketones (excluding diaryl/α,β-unsaturated/α-hetero) is 1. The molecule has 2 amide bonds. The molecule has 0 saturated carbocycles. The Morgan fingerprint density at radius 3 is 2.19 bits per heavy atom. The molecule has 0 aliphatic carbocycles. The monoisotopic (exact) mass is 466 g/mol. The van der Waals surface area contributed by atoms with E-state index < -0.39 is 23.9 Å². The average molecular weight is 467 g/mol. The summed E-state index contributed by atoms with van der Waals surface area (Å²) in [6, 6.07) is 18.8. The van der Waals surface area contributed by atoms with Gasteiger partial charge in [-0.1, -0.05) is 60.1 Å². The van der Waals surface area contributed by atoms with E-state index in [-0.39, 0.29) is 17.6 Å². The number of thiophene rings is 1. The number of amides is 2. The van der Waals surface area contributed by atoms with Crippen LogP contribution >= 0.6 is 22.9 Å². The minimum Gasteiger partial charge on any atom is -0.357 e. The van der Waals surface area contributed by atoms with Crippen LogP contribution in [0.4, 0.5) is 0 Å². The number of carbonyl (C=O) groups is 3. The van der Waals surface area contributed by atoms with Crippen molar-refractivity contribution in [1.29, 1.82) is 0 Å². The van der Waals surface area contributed by atoms with Crippen molar-refractivity contribution in [2.75, 3.05) is 7.05 Å². The number of hydrogen-bond donors (Lipinski definition) is 1. The van der Waals surface area contributed by atoms with Crippen LogP contribution in [-0.4, -0.2) is 35.6 Å². The summed E-state index contributed by atoms with van der Waals surface area (Å²) in [5, 5.41) is 5.12. The topological polar surface area (TPSA) is 66.5 Å². The molecule has 0 spiro atoms. The molecule has 4 atom stereocenters. The number of likely N-dealkylation sites (N-methyl/N-ethyl adjacent to an activating group) is 1. The minimum atomic E-state index is -0.835. The van der Waals surface area contributed by atoms with Gasteiger partial charge in [0.1, 0.15) is 6.04 Å². The lowest BCUT2D eigenvalue weighted by Gasteiger charge is -2.30. The van der Waals surface area contributed by atoms with Gasteiger partial charge in [0.05, 0.1) is 16.8 Å². The lowest BCUT2D eigenvalue weighted by atomic mass is 9.77. The second kappa shape index (κ2) is 9.27. The van der Waals surface area contributed by atoms with Crippen molar-refractivity contribution in [3.8, 4) is 0 Å². The van der Waals surface area contributed by atoms with Crippen LogP contribution in [0.25, 0.3) is 0 Å². The Hall–Kier alpha value is -2.96. The summed E-state index contributed by atoms with van der Waals surface area (Å²) in [5.74, 6) is -1.80. The van der Waals surface area contributed by atoms with Crippen LogP contribution in [0.2, 0.25) is 5.02 Å². The molecule has 0 radical (unpaired) electrons. The highest BCUT2D eigenvalue weighted by Crippen LogP contribution is 2.51. The predicted octanol–water partition coefficient (Wildman–Crippen LogP) is 4.70. The molecule has 32 heavy (non-hydrogen) atoms. The first-order chi connectivity index (χ1) is 15.4. The third kappa shape index (κ3) is 3.96. The first kappa shape index (κ1) is 22.2. The Bertz CT molecular complexity index is 1120. The average Bonchev–Trinajstić information content (AvgIpc) is 3.46. The molecule has 1 aliphatic rings. The van der Waals surface area contributed by atoms with Gasteiger partial charge >= 0.3 is 0 Å². The molecule has 0 bridgehead atoms. The van der Waals surface area contributed by atoms with Crippen molar-refractivity contribution in [1.82, 2.24) is 10.2 Å². The molecular formula is C25H23ClN2O3S. The smallest absolute Gasteiger partial charge is 0.243 e. The van der Waals surface area contributed by atoms with E-state index in [2.05, 4.69) is 5.32 Å². The van der Waals surface area contributed by atoms with Crippen molar-refractivity contribution >= 4 is 40.5 Å². The fraction of sp³-hybridized carbons (Fsp3) is 0.240. The van der Waals surface area contributed by atoms with Gasteiger partial charge < -0.3 is 10.2 Å². The van der Waals surface area contributed by atoms with Crippen molar-refractivity contribution in [3.05, 3.63) is 93.1 Å². The Labute approximate surface area is 196 Å². The number of carbonyl (C=O) groups excluding carboxylic acids is 3. The van der Waals surface area contributed by atoms with E-state index in [0.717, 1.165) is 11.1 Å². The summed E-state index contributed by atoms with van der Waals surface area (Å²) < 4.78 is 0. The van der Waals surface area contributed by atoms with Gasteiger partial charge in [0.2, 0.25) is 11.8 Å². The number of hydrogen-bond acceptors (Lipinski definition) is 4. The zero-order valence-electron chi connectivity index (χ0n) is 17.7. The van der Waals surface area contributed by atoms with Crippen molar-refractivity contribution in [3.63, 3.8) is 0 Å². The van der Waals surface area contributed by atoms with E-state index in [0.29, 0.717) is 9.90 Å². The standard InChI is InChI=1S/C25H23ClN2O3S/c1-15(29)28-22(17-7-4-3-5-8-17)21(24(30)19-9-6-14-32-19)20(23(28)25(31)27-2)16-10-12-18(26)13-11-16/h3-14,20-23H,1-2H3,(H,27,31). The fourth-order valence-electron chi connectivity index (χ4n) is 4.72. The van der Waals surface area contributed by atoms with Crippen LogP contribution in [0.5, 0.6) is 0 Å². The van der Waals surface area contributed by atoms with Crippen LogP contribution in [0.1, 0.15) is 39.7 Å². The number of nitrogens with zero attached hydrogens (tertiary/aromatic N) is 1. The lowest BCUT2D eigenvalue weighted by molar-refractivity contribution is -0.139. The van der Waals surface area contributed by atoms with Crippen molar-refractivity contribution < 1.29 is 14.4 Å². The van der Waals surface area contributed by atoms with E-state index in [1.807, 2.05) is 53.9 Å². The Morgan fingerprint density at radius 2 is 1.62 bits per heavy atom. The summed E-state index contributed by atoms with van der Waals surface area (Å²) in [7, 11) is 1.55. The Balaban J connectivity index is 1.97. The molecule has 1 fully saturated rings. The zero-order valence-corrected chi connectivity index (χ0v) is 19.3. The third-order valence-electron chi connectivity index (χ3n) is 6.01. The Morgan fingerprint density at radius 1 is 0.938 bits per heavy atom. The van der Waals surface area contributed by atoms with Gasteiger partial charge in [-0.2, -0.15) is 0 Å². The molecule has 2 aromatic carbocycles. The maximum absolute atomic E-state index is 13.9. The Kier molecular flexibility index (Phi) is 6.44. The summed E-state index contributed by atoms with van der Waals surface area (Å²) in [6.45, 7) is 1.45. The first-order valence-corrected chi connectivity index (χ1v) is 11.6. The molecule has 7 heteroatoms. The molecule has 3 aromatic rings. The molecule has 4 unspecified atom stereocenters. The van der Waals surface area contributed by atoms with Crippen LogP contribution in [0, 0.1) is 5.92 Å². The van der Waals surface area contributed by atoms with E-state index in [9.17, 15) is 14.4 Å². The summed E-state index contributed by atoms with van der Waals surface area (Å²) >= 11 is 7.48. The first-order valence-electron chi connectivity index (χ1n) is 10.3. The number of ketones is 1. The van der Waals surface area contributed by atoms with E-state index in [1.54, 1.807) is 30.1 Å². The van der Waals surface area contributed by atoms with Gasteiger partial charge in [-0.25, -0.2) is 0 Å². The largest absolute Gasteiger partial charge is 0.357 e. The molecule has 4 rings (SSSR count). The van der Waals surface area contributed by atoms with E-state index in [1.165, 1.54) is 18.3 Å². The third-order valence-corrected chi connectivity index (χ3v) is 7.14. The summed E-state index contributed by atoms with van der Waals surface area (Å²) in [6.07, 6.45) is 0. The minimum absolute atomic E-state index is 0.0774. The molecule has 1 aliphatic heterocycles. The van der Waals surface area contributed by atoms with Crippen LogP contribution in [0.3, 0.4) is 0 Å². The molecule has 1 N–H and O–H groups in total. The van der Waals surface area contributed by atoms with Gasteiger partial charge in [0.15, 0.2) is 5.78 Å². The molecule has 2 heterocycles. The fourth-order valence-corrected chi connectivity index (χ4v) is 5.56. The number of likely N-dealkylation sites (tertiary alicyclic amines) is 1. The van der Waals surface area contributed by atoms with E-state index >= 15 is 0 Å². The molecule has 1 saturated heterocycles. The van der Waals surface area contributed by atoms with Gasteiger partial charge in [-0.3, -0.25) is 14.4 Å². The summed E-state index contributed by atoms with van der Waals surface area (Å²) in [5.41, 5.74) is 1.62. The second-order valence-corrected chi connectivity index (χ2v) is 9.17. The van der Waals surface area contributed by atoms with Crippen LogP contribution in [0.15, 0.2) is 72.1 Å². The van der Waals surface area contributed by atoms with Gasteiger partial charge in [0.25, 0.3) is 0 Å². The number of nitrogens with one attached hydrogen (secondary N) is 1. The van der Waals surface area contributed by atoms with Gasteiger partial charge in [-0.15, -0.1) is 11.3 Å². The van der Waals surface area contributed by atoms with Crippen molar-refractivity contribution in [2.45, 2.75) is 24.9 Å². The lowest BCUT2D eigenvalue weighted by Crippen LogP contribution is -2.47.